The Labute approximate surface area is 164 Å². The van der Waals surface area contributed by atoms with Crippen molar-refractivity contribution in [3.63, 3.8) is 0 Å². The highest BCUT2D eigenvalue weighted by Gasteiger charge is 2.63. The summed E-state index contributed by atoms with van der Waals surface area (Å²) in [6.45, 7) is 0.529. The molecule has 4 atom stereocenters. The van der Waals surface area contributed by atoms with Crippen molar-refractivity contribution >= 4 is 52.0 Å². The summed E-state index contributed by atoms with van der Waals surface area (Å²) in [6, 6.07) is 7.33. The van der Waals surface area contributed by atoms with E-state index in [4.69, 9.17) is 23.2 Å². The third-order valence-corrected chi connectivity index (χ3v) is 7.25. The van der Waals surface area contributed by atoms with Crippen molar-refractivity contribution in [3.8, 4) is 0 Å². The molecule has 0 aliphatic carbocycles. The zero-order valence-electron chi connectivity index (χ0n) is 13.5. The van der Waals surface area contributed by atoms with Crippen molar-refractivity contribution in [1.29, 1.82) is 0 Å². The first kappa shape index (κ1) is 16.6. The van der Waals surface area contributed by atoms with Gasteiger partial charge in [-0.15, -0.1) is 11.3 Å². The quantitative estimate of drug-likeness (QED) is 0.680. The van der Waals surface area contributed by atoms with Crippen LogP contribution in [0.4, 0.5) is 5.69 Å². The first-order chi connectivity index (χ1) is 12.5. The molecule has 2 amide bonds. The zero-order chi connectivity index (χ0) is 18.1. The number of thiophene rings is 1. The predicted octanol–water partition coefficient (Wildman–Crippen LogP) is 2.79. The molecular formula is C18H15Cl2N3O2S. The van der Waals surface area contributed by atoms with Crippen LogP contribution in [0.2, 0.25) is 10.0 Å². The zero-order valence-corrected chi connectivity index (χ0v) is 15.8. The van der Waals surface area contributed by atoms with Crippen LogP contribution >= 0.6 is 34.5 Å². The third-order valence-electron chi connectivity index (χ3n) is 5.65. The van der Waals surface area contributed by atoms with Gasteiger partial charge in [-0.3, -0.25) is 14.9 Å². The molecule has 134 valence electrons. The summed E-state index contributed by atoms with van der Waals surface area (Å²) in [5.74, 6) is -0.687. The van der Waals surface area contributed by atoms with E-state index in [1.807, 2.05) is 23.6 Å². The number of hydrogen-bond acceptors (Lipinski definition) is 4. The molecule has 3 aliphatic rings. The van der Waals surface area contributed by atoms with Crippen molar-refractivity contribution in [3.05, 3.63) is 50.1 Å². The summed E-state index contributed by atoms with van der Waals surface area (Å²) >= 11 is 13.7. The van der Waals surface area contributed by atoms with E-state index in [0.29, 0.717) is 23.0 Å². The van der Waals surface area contributed by atoms with Gasteiger partial charge < -0.3 is 10.6 Å². The molecule has 0 bridgehead atoms. The standard InChI is InChI=1S/C18H15Cl2N3O2S/c19-9-2-1-8-5-18(17(25)22-11(8)3-9)15(13-4-10(20)7-26-13)14-12(23-18)6-21-16(14)24/h1-4,7,12,14-15,23H,5-6H2,(H,21,24)(H,22,25)/t12-,14+,15-,18+/m0/s1. The fourth-order valence-electron chi connectivity index (χ4n) is 4.60. The number of rotatable bonds is 1. The normalized spacial score (nSPS) is 32.3. The minimum absolute atomic E-state index is 0.0106. The van der Waals surface area contributed by atoms with Gasteiger partial charge in [0.1, 0.15) is 5.54 Å². The van der Waals surface area contributed by atoms with Crippen LogP contribution in [0.3, 0.4) is 0 Å². The van der Waals surface area contributed by atoms with E-state index in [0.717, 1.165) is 16.1 Å². The Hall–Kier alpha value is -1.60. The minimum atomic E-state index is -0.873. The molecule has 1 aromatic heterocycles. The number of anilines is 1. The van der Waals surface area contributed by atoms with Crippen molar-refractivity contribution in [2.24, 2.45) is 5.92 Å². The Kier molecular flexibility index (Phi) is 3.63. The van der Waals surface area contributed by atoms with E-state index in [2.05, 4.69) is 16.0 Å². The minimum Gasteiger partial charge on any atom is -0.354 e. The summed E-state index contributed by atoms with van der Waals surface area (Å²) in [5, 5.41) is 12.5. The summed E-state index contributed by atoms with van der Waals surface area (Å²) in [4.78, 5) is 26.7. The maximum atomic E-state index is 13.2. The Morgan fingerprint density at radius 2 is 2.00 bits per heavy atom. The second-order valence-electron chi connectivity index (χ2n) is 7.07. The molecule has 5 nitrogen and oxygen atoms in total. The topological polar surface area (TPSA) is 70.2 Å². The van der Waals surface area contributed by atoms with Gasteiger partial charge in [0.2, 0.25) is 11.8 Å². The Balaban J connectivity index is 1.65. The number of halogens is 2. The van der Waals surface area contributed by atoms with Crippen LogP contribution < -0.4 is 16.0 Å². The fraction of sp³-hybridized carbons (Fsp3) is 0.333. The van der Waals surface area contributed by atoms with Crippen LogP contribution in [0.1, 0.15) is 16.4 Å². The molecule has 3 N–H and O–H groups in total. The first-order valence-corrected chi connectivity index (χ1v) is 10.0. The summed E-state index contributed by atoms with van der Waals surface area (Å²) in [6.07, 6.45) is 0.506. The van der Waals surface area contributed by atoms with Crippen LogP contribution in [0.5, 0.6) is 0 Å². The summed E-state index contributed by atoms with van der Waals surface area (Å²) in [7, 11) is 0. The molecule has 2 saturated heterocycles. The lowest BCUT2D eigenvalue weighted by Gasteiger charge is -2.39. The molecule has 26 heavy (non-hydrogen) atoms. The lowest BCUT2D eigenvalue weighted by Crippen LogP contribution is -2.60. The smallest absolute Gasteiger partial charge is 0.245 e. The van der Waals surface area contributed by atoms with Crippen LogP contribution in [0.15, 0.2) is 29.6 Å². The van der Waals surface area contributed by atoms with Gasteiger partial charge in [0.05, 0.1) is 10.9 Å². The Morgan fingerprint density at radius 1 is 1.15 bits per heavy atom. The number of carbonyl (C=O) groups excluding carboxylic acids is 2. The molecule has 0 radical (unpaired) electrons. The molecule has 1 aromatic carbocycles. The van der Waals surface area contributed by atoms with Crippen LogP contribution in [0.25, 0.3) is 0 Å². The predicted molar refractivity (Wildman–Crippen MR) is 102 cm³/mol. The lowest BCUT2D eigenvalue weighted by molar-refractivity contribution is -0.125. The lowest BCUT2D eigenvalue weighted by atomic mass is 9.72. The second kappa shape index (κ2) is 5.70. The van der Waals surface area contributed by atoms with Crippen molar-refractivity contribution in [2.75, 3.05) is 11.9 Å². The van der Waals surface area contributed by atoms with E-state index in [9.17, 15) is 9.59 Å². The van der Waals surface area contributed by atoms with E-state index in [1.165, 1.54) is 11.3 Å². The van der Waals surface area contributed by atoms with Gasteiger partial charge in [-0.25, -0.2) is 0 Å². The number of amides is 2. The molecule has 5 rings (SSSR count). The molecule has 2 fully saturated rings. The Bertz CT molecular complexity index is 946. The SMILES string of the molecule is O=C1NC[C@@H]2N[C@]3(Cc4ccc(Cl)cc4NC3=O)[C@@H](c3cc(Cl)cs3)[C@H]12. The van der Waals surface area contributed by atoms with E-state index >= 15 is 0 Å². The highest BCUT2D eigenvalue weighted by Crippen LogP contribution is 2.51. The fourth-order valence-corrected chi connectivity index (χ4v) is 6.10. The number of carbonyl (C=O) groups is 2. The third kappa shape index (κ3) is 2.26. The second-order valence-corrected chi connectivity index (χ2v) is 8.89. The van der Waals surface area contributed by atoms with Crippen LogP contribution in [-0.4, -0.2) is 29.9 Å². The van der Waals surface area contributed by atoms with Crippen LogP contribution in [-0.2, 0) is 16.0 Å². The van der Waals surface area contributed by atoms with E-state index < -0.39 is 5.54 Å². The molecule has 3 aliphatic heterocycles. The van der Waals surface area contributed by atoms with Crippen LogP contribution in [0, 0.1) is 5.92 Å². The molecule has 1 spiro atoms. The number of nitrogens with one attached hydrogen (secondary N) is 3. The molecule has 0 saturated carbocycles. The Morgan fingerprint density at radius 3 is 2.77 bits per heavy atom. The molecule has 8 heteroatoms. The van der Waals surface area contributed by atoms with Gasteiger partial charge in [0, 0.05) is 45.9 Å². The maximum absolute atomic E-state index is 13.2. The van der Waals surface area contributed by atoms with Gasteiger partial charge in [0.25, 0.3) is 0 Å². The highest BCUT2D eigenvalue weighted by molar-refractivity contribution is 7.10. The van der Waals surface area contributed by atoms with Gasteiger partial charge in [-0.1, -0.05) is 29.3 Å². The maximum Gasteiger partial charge on any atom is 0.245 e. The number of benzene rings is 1. The van der Waals surface area contributed by atoms with Gasteiger partial charge >= 0.3 is 0 Å². The van der Waals surface area contributed by atoms with E-state index in [1.54, 1.807) is 6.07 Å². The average molecular weight is 408 g/mol. The monoisotopic (exact) mass is 407 g/mol. The largest absolute Gasteiger partial charge is 0.354 e. The van der Waals surface area contributed by atoms with Gasteiger partial charge in [0.15, 0.2) is 0 Å². The molecule has 4 heterocycles. The van der Waals surface area contributed by atoms with Crippen molar-refractivity contribution in [2.45, 2.75) is 23.9 Å². The molecule has 0 unspecified atom stereocenters. The van der Waals surface area contributed by atoms with Gasteiger partial charge in [-0.05, 0) is 23.8 Å². The number of fused-ring (bicyclic) bond motifs is 2. The summed E-state index contributed by atoms with van der Waals surface area (Å²) < 4.78 is 0. The molecule has 2 aromatic rings. The highest BCUT2D eigenvalue weighted by atomic mass is 35.5. The van der Waals surface area contributed by atoms with Crippen molar-refractivity contribution < 1.29 is 9.59 Å². The van der Waals surface area contributed by atoms with Crippen molar-refractivity contribution in [1.82, 2.24) is 10.6 Å². The molecular weight excluding hydrogens is 393 g/mol. The average Bonchev–Trinajstić information content (AvgIpc) is 3.25. The first-order valence-electron chi connectivity index (χ1n) is 8.37. The summed E-state index contributed by atoms with van der Waals surface area (Å²) in [5.41, 5.74) is 0.871. The van der Waals surface area contributed by atoms with Gasteiger partial charge in [-0.2, -0.15) is 0 Å². The number of hydrogen-bond donors (Lipinski definition) is 3. The van der Waals surface area contributed by atoms with E-state index in [-0.39, 0.29) is 29.7 Å².